The maximum Gasteiger partial charge on any atom is 0.0540 e. The Labute approximate surface area is 802 Å². The molecule has 4 heteroatoms. The Morgan fingerprint density at radius 1 is 0.130 bits per heavy atom. The molecule has 4 nitrogen and oxygen atoms in total. The SMILES string of the molecule is C(=C(\c1ccc(-c2c3ccccc3c(-c3ccc(/C(=C/c4ccc(N(c5cccc6ccccc56)c5cccc6ccccc56)cc4)c4ccc(N(c5cccc6ccccc56)c5cccc6ccccc56)cc4)cc3)c3ccccc23)cc1)c1ccc(N(c2cccc3ccccc23)c2cccc3ccccc23)cc1)/c1ccc(N(c2cccc3ccccc23)c2cccc3ccccc23)cc1. The minimum Gasteiger partial charge on any atom is -0.309 e. The Hall–Kier alpha value is -18.2. The van der Waals surface area contributed by atoms with E-state index in [1.54, 1.807) is 0 Å². The van der Waals surface area contributed by atoms with E-state index < -0.39 is 0 Å². The second kappa shape index (κ2) is 35.4. The topological polar surface area (TPSA) is 13.0 Å². The molecule has 0 amide bonds. The lowest BCUT2D eigenvalue weighted by Crippen LogP contribution is -2.11. The highest BCUT2D eigenvalue weighted by atomic mass is 15.2. The van der Waals surface area contributed by atoms with E-state index in [1.807, 2.05) is 0 Å². The van der Waals surface area contributed by atoms with Crippen molar-refractivity contribution in [3.05, 3.63) is 567 Å². The van der Waals surface area contributed by atoms with Crippen molar-refractivity contribution in [3.8, 4) is 22.3 Å². The molecular formula is C134H90N4. The molecule has 0 aliphatic carbocycles. The predicted octanol–water partition coefficient (Wildman–Crippen LogP) is 37.6. The zero-order valence-electron chi connectivity index (χ0n) is 75.8. The normalized spacial score (nSPS) is 11.9. The van der Waals surface area contributed by atoms with Gasteiger partial charge in [-0.15, -0.1) is 0 Å². The van der Waals surface area contributed by atoms with Crippen molar-refractivity contribution >= 4 is 199 Å². The second-order valence-corrected chi connectivity index (χ2v) is 35.7. The quantitative estimate of drug-likeness (QED) is 0.0557. The van der Waals surface area contributed by atoms with E-state index in [9.17, 15) is 0 Å². The first-order valence-corrected chi connectivity index (χ1v) is 47.5. The first kappa shape index (κ1) is 81.7. The number of fused-ring (bicyclic) bond motifs is 10. The molecular weight excluding hydrogens is 1670 g/mol. The third-order valence-electron chi connectivity index (χ3n) is 27.8. The van der Waals surface area contributed by atoms with Crippen LogP contribution in [-0.4, -0.2) is 0 Å². The van der Waals surface area contributed by atoms with Gasteiger partial charge in [0.1, 0.15) is 0 Å². The van der Waals surface area contributed by atoms with Gasteiger partial charge in [-0.3, -0.25) is 0 Å². The largest absolute Gasteiger partial charge is 0.309 e. The van der Waals surface area contributed by atoms with Gasteiger partial charge in [-0.1, -0.05) is 437 Å². The highest BCUT2D eigenvalue weighted by molar-refractivity contribution is 6.22. The van der Waals surface area contributed by atoms with E-state index in [1.165, 1.54) is 119 Å². The van der Waals surface area contributed by atoms with Crippen molar-refractivity contribution in [1.29, 1.82) is 0 Å². The molecule has 0 saturated carbocycles. The van der Waals surface area contributed by atoms with Crippen LogP contribution in [-0.2, 0) is 0 Å². The number of nitrogens with zero attached hydrogens (tertiary/aromatic N) is 4. The lowest BCUT2D eigenvalue weighted by Gasteiger charge is -2.28. The molecule has 0 saturated heterocycles. The van der Waals surface area contributed by atoms with Gasteiger partial charge in [0.2, 0.25) is 0 Å². The van der Waals surface area contributed by atoms with E-state index in [0.29, 0.717) is 0 Å². The van der Waals surface area contributed by atoms with E-state index in [4.69, 9.17) is 0 Å². The number of rotatable bonds is 20. The molecule has 0 unspecified atom stereocenters. The minimum atomic E-state index is 1.06. The van der Waals surface area contributed by atoms with E-state index >= 15 is 0 Å². The van der Waals surface area contributed by atoms with E-state index in [-0.39, 0.29) is 0 Å². The van der Waals surface area contributed by atoms with Gasteiger partial charge in [0.25, 0.3) is 0 Å². The summed E-state index contributed by atoms with van der Waals surface area (Å²) in [7, 11) is 0. The average molecular weight is 1760 g/mol. The Bertz CT molecular complexity index is 8130. The first-order valence-electron chi connectivity index (χ1n) is 47.5. The standard InChI is InChI=1S/C134H90N4/c1-9-45-111-93(29-1)37-21-57-125(111)135(126-58-22-38-94-30-2-10-46-112(94)126)107-81-65-91(66-82-107)89-123(103-77-85-109(86-78-103)137(129-61-25-41-97-33-5-13-49-115(97)129)130-62-26-42-98-34-6-14-50-116(98)130)101-69-73-105(74-70-101)133-119-53-17-19-55-121(119)134(122-56-20-18-54-120(122)133)106-75-71-102(72-76-106)124(104-79-87-110(88-80-104)138(131-63-27-43-99-35-7-15-51-117(99)131)132-64-28-44-100-36-8-16-52-118(100)132)90-92-67-83-108(84-68-92)136(127-59-23-39-95-31-3-11-47-113(95)127)128-60-24-40-96-32-4-12-48-114(96)128/h1-90H/b123-89-,124-90-. The zero-order valence-corrected chi connectivity index (χ0v) is 75.8. The summed E-state index contributed by atoms with van der Waals surface area (Å²) < 4.78 is 0. The molecule has 0 aliphatic rings. The molecule has 0 fully saturated rings. The molecule has 0 N–H and O–H groups in total. The summed E-state index contributed by atoms with van der Waals surface area (Å²) in [6.45, 7) is 0. The van der Waals surface area contributed by atoms with Crippen LogP contribution in [0.3, 0.4) is 0 Å². The van der Waals surface area contributed by atoms with Crippen LogP contribution in [0.1, 0.15) is 33.4 Å². The van der Waals surface area contributed by atoms with Gasteiger partial charge in [0.15, 0.2) is 0 Å². The van der Waals surface area contributed by atoms with Crippen LogP contribution in [0.15, 0.2) is 534 Å². The lowest BCUT2D eigenvalue weighted by atomic mass is 9.85. The van der Waals surface area contributed by atoms with Gasteiger partial charge in [-0.05, 0) is 241 Å². The third kappa shape index (κ3) is 15.0. The Morgan fingerprint density at radius 2 is 0.283 bits per heavy atom. The van der Waals surface area contributed by atoms with Gasteiger partial charge >= 0.3 is 0 Å². The predicted molar refractivity (Wildman–Crippen MR) is 591 cm³/mol. The van der Waals surface area contributed by atoms with Crippen molar-refractivity contribution in [2.75, 3.05) is 19.6 Å². The molecule has 25 aromatic rings. The highest BCUT2D eigenvalue weighted by Gasteiger charge is 2.26. The summed E-state index contributed by atoms with van der Waals surface area (Å²) in [4.78, 5) is 9.75. The van der Waals surface area contributed by atoms with Crippen molar-refractivity contribution in [1.82, 2.24) is 0 Å². The molecule has 0 heterocycles. The Balaban J connectivity index is 0.607. The fourth-order valence-corrected chi connectivity index (χ4v) is 21.3. The summed E-state index contributed by atoms with van der Waals surface area (Å²) in [6, 6.07) is 197. The molecule has 138 heavy (non-hydrogen) atoms. The summed E-state index contributed by atoms with van der Waals surface area (Å²) in [5, 5.41) is 23.7. The fourth-order valence-electron chi connectivity index (χ4n) is 21.3. The van der Waals surface area contributed by atoms with Gasteiger partial charge in [0.05, 0.1) is 45.5 Å². The van der Waals surface area contributed by atoms with Crippen LogP contribution in [0.25, 0.3) is 153 Å². The van der Waals surface area contributed by atoms with Crippen LogP contribution in [0.2, 0.25) is 0 Å². The maximum absolute atomic E-state index is 2.44. The Morgan fingerprint density at radius 3 is 0.471 bits per heavy atom. The van der Waals surface area contributed by atoms with E-state index in [0.717, 1.165) is 124 Å². The molecule has 0 bridgehead atoms. The van der Waals surface area contributed by atoms with Crippen molar-refractivity contribution < 1.29 is 0 Å². The van der Waals surface area contributed by atoms with Gasteiger partial charge in [-0.25, -0.2) is 0 Å². The highest BCUT2D eigenvalue weighted by Crippen LogP contribution is 2.51. The summed E-state index contributed by atoms with van der Waals surface area (Å²) in [6.07, 6.45) is 4.75. The third-order valence-corrected chi connectivity index (χ3v) is 27.8. The minimum absolute atomic E-state index is 1.06. The lowest BCUT2D eigenvalue weighted by molar-refractivity contribution is 1.31. The summed E-state index contributed by atoms with van der Waals surface area (Å²) in [5.74, 6) is 0. The molecule has 0 aliphatic heterocycles. The van der Waals surface area contributed by atoms with Crippen molar-refractivity contribution in [2.45, 2.75) is 0 Å². The van der Waals surface area contributed by atoms with Crippen molar-refractivity contribution in [2.24, 2.45) is 0 Å². The maximum atomic E-state index is 2.44. The monoisotopic (exact) mass is 1750 g/mol. The number of hydrogen-bond donors (Lipinski definition) is 0. The molecule has 25 aromatic carbocycles. The number of hydrogen-bond acceptors (Lipinski definition) is 4. The Kier molecular flexibility index (Phi) is 21.0. The number of benzene rings is 25. The number of anilines is 12. The zero-order chi connectivity index (χ0) is 91.4. The molecule has 0 radical (unpaired) electrons. The summed E-state index contributed by atoms with van der Waals surface area (Å²) in [5.41, 5.74) is 26.6. The van der Waals surface area contributed by atoms with Crippen LogP contribution in [0.4, 0.5) is 68.2 Å². The van der Waals surface area contributed by atoms with E-state index in [2.05, 4.69) is 566 Å². The van der Waals surface area contributed by atoms with Crippen LogP contribution < -0.4 is 19.6 Å². The van der Waals surface area contributed by atoms with Gasteiger partial charge < -0.3 is 19.6 Å². The molecule has 646 valence electrons. The molecule has 0 aromatic heterocycles. The van der Waals surface area contributed by atoms with Crippen LogP contribution in [0.5, 0.6) is 0 Å². The van der Waals surface area contributed by atoms with Crippen molar-refractivity contribution in [3.63, 3.8) is 0 Å². The van der Waals surface area contributed by atoms with Gasteiger partial charge in [-0.2, -0.15) is 0 Å². The molecule has 0 spiro atoms. The first-order chi connectivity index (χ1) is 68.5. The van der Waals surface area contributed by atoms with Crippen LogP contribution in [0, 0.1) is 0 Å². The second-order valence-electron chi connectivity index (χ2n) is 35.7. The smallest absolute Gasteiger partial charge is 0.0540 e. The summed E-state index contributed by atoms with van der Waals surface area (Å²) >= 11 is 0. The molecule has 0 atom stereocenters. The van der Waals surface area contributed by atoms with Crippen LogP contribution >= 0.6 is 0 Å². The average Bonchev–Trinajstić information content (AvgIpc) is 0.730. The molecule has 25 rings (SSSR count). The fraction of sp³-hybridized carbons (Fsp3) is 0. The van der Waals surface area contributed by atoms with Gasteiger partial charge in [0, 0.05) is 65.8 Å².